The van der Waals surface area contributed by atoms with Crippen LogP contribution in [0.2, 0.25) is 0 Å². The Bertz CT molecular complexity index is 278. The van der Waals surface area contributed by atoms with E-state index in [9.17, 15) is 4.79 Å². The number of nitrogens with zero attached hydrogens (tertiary/aromatic N) is 2. The van der Waals surface area contributed by atoms with Crippen molar-refractivity contribution in [1.29, 1.82) is 0 Å². The summed E-state index contributed by atoms with van der Waals surface area (Å²) in [6, 6.07) is 0. The number of esters is 1. The lowest BCUT2D eigenvalue weighted by Gasteiger charge is -2.00. The number of carbonyl (C=O) groups is 1. The summed E-state index contributed by atoms with van der Waals surface area (Å²) in [6.07, 6.45) is 3.07. The zero-order chi connectivity index (χ0) is 8.97. The monoisotopic (exact) mass is 241 g/mol. The fourth-order valence-electron chi connectivity index (χ4n) is 0.805. The molecule has 0 aromatic carbocycles. The van der Waals surface area contributed by atoms with E-state index >= 15 is 0 Å². The Morgan fingerprint density at radius 2 is 2.29 bits per heavy atom. The van der Waals surface area contributed by atoms with Crippen LogP contribution in [-0.4, -0.2) is 22.4 Å². The number of nitrogens with two attached hydrogens (primary N) is 1. The number of nitrogen functional groups attached to an aromatic ring is 1. The van der Waals surface area contributed by atoms with E-state index in [0.29, 0.717) is 12.3 Å². The molecule has 0 saturated carbocycles. The summed E-state index contributed by atoms with van der Waals surface area (Å²) in [5, 5.41) is 3.83. The maximum absolute atomic E-state index is 10.9. The van der Waals surface area contributed by atoms with E-state index < -0.39 is 0 Å². The molecule has 0 unspecified atom stereocenters. The molecule has 1 heterocycles. The molecule has 1 aromatic rings. The molecule has 0 spiro atoms. The second-order valence-electron chi connectivity index (χ2n) is 2.28. The third-order valence-electron chi connectivity index (χ3n) is 1.25. The van der Waals surface area contributed by atoms with Gasteiger partial charge in [0.1, 0.15) is 6.54 Å². The first-order chi connectivity index (χ1) is 5.72. The van der Waals surface area contributed by atoms with Crippen molar-refractivity contribution >= 4 is 36.5 Å². The molecule has 0 radical (unpaired) electrons. The first-order valence-corrected chi connectivity index (χ1v) is 3.66. The van der Waals surface area contributed by atoms with E-state index in [1.807, 2.05) is 0 Å². The first kappa shape index (κ1) is 15.5. The highest BCUT2D eigenvalue weighted by molar-refractivity contribution is 5.85. The summed E-state index contributed by atoms with van der Waals surface area (Å²) in [6.45, 7) is 2.26. The maximum Gasteiger partial charge on any atom is 0.327 e. The topological polar surface area (TPSA) is 70.1 Å². The molecular weight excluding hydrogens is 229 g/mol. The van der Waals surface area contributed by atoms with Crippen LogP contribution in [0.5, 0.6) is 0 Å². The smallest absolute Gasteiger partial charge is 0.327 e. The minimum atomic E-state index is -0.305. The van der Waals surface area contributed by atoms with Gasteiger partial charge >= 0.3 is 5.97 Å². The van der Waals surface area contributed by atoms with Crippen molar-refractivity contribution in [3.63, 3.8) is 0 Å². The Balaban J connectivity index is 0. The van der Waals surface area contributed by atoms with Gasteiger partial charge in [0, 0.05) is 6.20 Å². The second-order valence-corrected chi connectivity index (χ2v) is 2.28. The van der Waals surface area contributed by atoms with E-state index in [1.54, 1.807) is 13.1 Å². The van der Waals surface area contributed by atoms with Crippen molar-refractivity contribution < 1.29 is 9.53 Å². The number of halogens is 2. The van der Waals surface area contributed by atoms with Crippen LogP contribution in [0.4, 0.5) is 5.69 Å². The van der Waals surface area contributed by atoms with Gasteiger partial charge < -0.3 is 10.5 Å². The van der Waals surface area contributed by atoms with E-state index in [0.717, 1.165) is 0 Å². The molecule has 5 nitrogen and oxygen atoms in total. The van der Waals surface area contributed by atoms with Gasteiger partial charge in [0.05, 0.1) is 18.5 Å². The molecule has 2 N–H and O–H groups in total. The van der Waals surface area contributed by atoms with Crippen molar-refractivity contribution in [2.75, 3.05) is 12.3 Å². The maximum atomic E-state index is 10.9. The Labute approximate surface area is 94.4 Å². The number of ether oxygens (including phenoxy) is 1. The molecule has 82 valence electrons. The van der Waals surface area contributed by atoms with Crippen LogP contribution in [0.1, 0.15) is 6.92 Å². The van der Waals surface area contributed by atoms with E-state index in [1.165, 1.54) is 10.9 Å². The molecule has 0 atom stereocenters. The number of aromatic nitrogens is 2. The SMILES string of the molecule is CCOC(=O)Cn1cc(N)cn1.Cl.Cl. The van der Waals surface area contributed by atoms with Crippen LogP contribution in [0, 0.1) is 0 Å². The van der Waals surface area contributed by atoms with Gasteiger partial charge in [0.2, 0.25) is 0 Å². The highest BCUT2D eigenvalue weighted by atomic mass is 35.5. The van der Waals surface area contributed by atoms with E-state index in [4.69, 9.17) is 10.5 Å². The summed E-state index contributed by atoms with van der Waals surface area (Å²) in [5.41, 5.74) is 5.93. The Morgan fingerprint density at radius 3 is 2.71 bits per heavy atom. The van der Waals surface area contributed by atoms with Crippen LogP contribution in [0.3, 0.4) is 0 Å². The van der Waals surface area contributed by atoms with Crippen LogP contribution in [-0.2, 0) is 16.1 Å². The fourth-order valence-corrected chi connectivity index (χ4v) is 0.805. The van der Waals surface area contributed by atoms with Gasteiger partial charge in [-0.1, -0.05) is 0 Å². The molecular formula is C7H13Cl2N3O2. The van der Waals surface area contributed by atoms with Gasteiger partial charge in [-0.15, -0.1) is 24.8 Å². The number of carbonyl (C=O) groups excluding carboxylic acids is 1. The molecule has 1 rings (SSSR count). The van der Waals surface area contributed by atoms with Gasteiger partial charge in [-0.25, -0.2) is 0 Å². The van der Waals surface area contributed by atoms with Crippen molar-refractivity contribution in [3.8, 4) is 0 Å². The van der Waals surface area contributed by atoms with E-state index in [-0.39, 0.29) is 37.3 Å². The lowest BCUT2D eigenvalue weighted by Crippen LogP contribution is -2.13. The van der Waals surface area contributed by atoms with Gasteiger partial charge in [-0.2, -0.15) is 5.10 Å². The van der Waals surface area contributed by atoms with Gasteiger partial charge in [0.15, 0.2) is 0 Å². The Kier molecular flexibility index (Phi) is 8.28. The third kappa shape index (κ3) is 4.94. The normalized spacial score (nSPS) is 8.36. The van der Waals surface area contributed by atoms with Crippen LogP contribution in [0.25, 0.3) is 0 Å². The molecule has 0 fully saturated rings. The minimum absolute atomic E-state index is 0. The summed E-state index contributed by atoms with van der Waals surface area (Å²) in [4.78, 5) is 10.9. The van der Waals surface area contributed by atoms with Gasteiger partial charge in [-0.05, 0) is 6.92 Å². The molecule has 0 aliphatic heterocycles. The first-order valence-electron chi connectivity index (χ1n) is 3.66. The van der Waals surface area contributed by atoms with E-state index in [2.05, 4.69) is 5.10 Å². The van der Waals surface area contributed by atoms with Gasteiger partial charge in [0.25, 0.3) is 0 Å². The largest absolute Gasteiger partial charge is 0.465 e. The highest BCUT2D eigenvalue weighted by Gasteiger charge is 2.02. The number of anilines is 1. The zero-order valence-electron chi connectivity index (χ0n) is 7.67. The number of hydrogen-bond donors (Lipinski definition) is 1. The zero-order valence-corrected chi connectivity index (χ0v) is 9.31. The molecule has 7 heteroatoms. The molecule has 0 bridgehead atoms. The standard InChI is InChI=1S/C7H11N3O2.2ClH/c1-2-12-7(11)5-10-4-6(8)3-9-10;;/h3-4H,2,5,8H2,1H3;2*1H. The molecule has 0 aliphatic rings. The van der Waals surface area contributed by atoms with Crippen molar-refractivity contribution in [3.05, 3.63) is 12.4 Å². The van der Waals surface area contributed by atoms with Crippen LogP contribution >= 0.6 is 24.8 Å². The average Bonchev–Trinajstić information content (AvgIpc) is 2.36. The van der Waals surface area contributed by atoms with Gasteiger partial charge in [-0.3, -0.25) is 9.48 Å². The predicted molar refractivity (Wildman–Crippen MR) is 57.8 cm³/mol. The Morgan fingerprint density at radius 1 is 1.64 bits per heavy atom. The molecule has 14 heavy (non-hydrogen) atoms. The third-order valence-corrected chi connectivity index (χ3v) is 1.25. The minimum Gasteiger partial charge on any atom is -0.465 e. The second kappa shape index (κ2) is 7.46. The van der Waals surface area contributed by atoms with Crippen LogP contribution in [0.15, 0.2) is 12.4 Å². The van der Waals surface area contributed by atoms with Crippen molar-refractivity contribution in [2.24, 2.45) is 0 Å². The van der Waals surface area contributed by atoms with Crippen molar-refractivity contribution in [2.45, 2.75) is 13.5 Å². The lowest BCUT2D eigenvalue weighted by molar-refractivity contribution is -0.144. The van der Waals surface area contributed by atoms with Crippen molar-refractivity contribution in [1.82, 2.24) is 9.78 Å². The molecule has 0 saturated heterocycles. The summed E-state index contributed by atoms with van der Waals surface area (Å²) in [5.74, 6) is -0.305. The molecule has 1 aromatic heterocycles. The molecule has 0 amide bonds. The quantitative estimate of drug-likeness (QED) is 0.798. The fraction of sp³-hybridized carbons (Fsp3) is 0.429. The number of hydrogen-bond acceptors (Lipinski definition) is 4. The highest BCUT2D eigenvalue weighted by Crippen LogP contribution is 1.97. The molecule has 0 aliphatic carbocycles. The average molecular weight is 242 g/mol. The summed E-state index contributed by atoms with van der Waals surface area (Å²) < 4.78 is 6.15. The number of rotatable bonds is 3. The lowest BCUT2D eigenvalue weighted by atomic mass is 10.6. The summed E-state index contributed by atoms with van der Waals surface area (Å²) in [7, 11) is 0. The summed E-state index contributed by atoms with van der Waals surface area (Å²) >= 11 is 0. The Hall–Kier alpha value is -0.940. The van der Waals surface area contributed by atoms with Crippen LogP contribution < -0.4 is 5.73 Å². The predicted octanol–water partition coefficient (Wildman–Crippen LogP) is 0.872.